The lowest BCUT2D eigenvalue weighted by atomic mass is 9.96. The van der Waals surface area contributed by atoms with Gasteiger partial charge in [0.2, 0.25) is 11.8 Å². The predicted octanol–water partition coefficient (Wildman–Crippen LogP) is 2.76. The highest BCUT2D eigenvalue weighted by molar-refractivity contribution is 5.90. The predicted molar refractivity (Wildman–Crippen MR) is 126 cm³/mol. The highest BCUT2D eigenvalue weighted by atomic mass is 16.5. The van der Waals surface area contributed by atoms with Crippen molar-refractivity contribution in [3.8, 4) is 5.75 Å². The number of nitrogens with one attached hydrogen (secondary N) is 3. The Hall–Kier alpha value is -3.56. The first-order chi connectivity index (χ1) is 16.3. The van der Waals surface area contributed by atoms with Crippen LogP contribution in [0.4, 0.5) is 10.5 Å². The smallest absolute Gasteiger partial charge is 0.319 e. The van der Waals surface area contributed by atoms with Crippen molar-refractivity contribution in [3.05, 3.63) is 41.3 Å². The van der Waals surface area contributed by atoms with E-state index in [0.717, 1.165) is 11.3 Å². The number of aryl methyl sites for hydroxylation is 2. The number of ether oxygens (including phenoxy) is 1. The van der Waals surface area contributed by atoms with Crippen molar-refractivity contribution in [2.75, 3.05) is 26.0 Å². The Balaban J connectivity index is 1.55. The molecule has 1 fully saturated rings. The highest BCUT2D eigenvalue weighted by Crippen LogP contribution is 2.21. The van der Waals surface area contributed by atoms with Crippen LogP contribution in [0.5, 0.6) is 5.75 Å². The van der Waals surface area contributed by atoms with E-state index in [1.54, 1.807) is 32.9 Å². The Morgan fingerprint density at radius 1 is 1.21 bits per heavy atom. The molecule has 10 heteroatoms. The Bertz CT molecular complexity index is 984. The molecule has 0 spiro atoms. The molecule has 184 valence electrons. The van der Waals surface area contributed by atoms with Gasteiger partial charge < -0.3 is 30.1 Å². The van der Waals surface area contributed by atoms with Gasteiger partial charge in [0.25, 0.3) is 0 Å². The highest BCUT2D eigenvalue weighted by Gasteiger charge is 2.28. The summed E-state index contributed by atoms with van der Waals surface area (Å²) in [4.78, 5) is 39.7. The van der Waals surface area contributed by atoms with Crippen LogP contribution >= 0.6 is 0 Å². The van der Waals surface area contributed by atoms with Crippen LogP contribution in [-0.4, -0.2) is 54.6 Å². The van der Waals surface area contributed by atoms with Gasteiger partial charge in [-0.15, -0.1) is 0 Å². The van der Waals surface area contributed by atoms with Crippen LogP contribution in [0.1, 0.15) is 42.7 Å². The van der Waals surface area contributed by atoms with Gasteiger partial charge in [0.15, 0.2) is 5.76 Å². The summed E-state index contributed by atoms with van der Waals surface area (Å²) in [5, 5.41) is 12.5. The number of methoxy groups -OCH3 is 1. The summed E-state index contributed by atoms with van der Waals surface area (Å²) in [7, 11) is 3.30. The minimum Gasteiger partial charge on any atom is -0.497 e. The van der Waals surface area contributed by atoms with Gasteiger partial charge in [-0.2, -0.15) is 0 Å². The lowest BCUT2D eigenvalue weighted by Crippen LogP contribution is -2.45. The fraction of sp³-hybridized carbons (Fsp3) is 0.500. The Morgan fingerprint density at radius 2 is 1.94 bits per heavy atom. The molecule has 1 aromatic carbocycles. The van der Waals surface area contributed by atoms with Crippen molar-refractivity contribution in [2.45, 2.75) is 52.1 Å². The second-order valence-electron chi connectivity index (χ2n) is 8.67. The Kier molecular flexibility index (Phi) is 8.50. The summed E-state index contributed by atoms with van der Waals surface area (Å²) < 4.78 is 10.2. The van der Waals surface area contributed by atoms with E-state index >= 15 is 0 Å². The topological polar surface area (TPSA) is 126 Å². The molecule has 0 unspecified atom stereocenters. The number of hydrogen-bond acceptors (Lipinski definition) is 6. The maximum absolute atomic E-state index is 12.8. The van der Waals surface area contributed by atoms with Gasteiger partial charge in [-0.3, -0.25) is 9.59 Å². The SMILES string of the molecule is COc1ccc(CNC(=O)[C@@H]2CCC[C@@H](NC(=O)Nc3c(C)noc3C)CN(C)C(=O)C2)cc1. The van der Waals surface area contributed by atoms with Gasteiger partial charge >= 0.3 is 6.03 Å². The molecule has 2 heterocycles. The van der Waals surface area contributed by atoms with E-state index in [9.17, 15) is 14.4 Å². The molecule has 2 atom stereocenters. The summed E-state index contributed by atoms with van der Waals surface area (Å²) in [5.41, 5.74) is 2.09. The quantitative estimate of drug-likeness (QED) is 0.595. The second-order valence-corrected chi connectivity index (χ2v) is 8.67. The molecule has 0 bridgehead atoms. The number of aromatic nitrogens is 1. The minimum atomic E-state index is -0.414. The van der Waals surface area contributed by atoms with Crippen molar-refractivity contribution in [1.29, 1.82) is 0 Å². The molecule has 0 aliphatic carbocycles. The van der Waals surface area contributed by atoms with E-state index < -0.39 is 5.92 Å². The number of nitrogens with zero attached hydrogens (tertiary/aromatic N) is 2. The number of anilines is 1. The lowest BCUT2D eigenvalue weighted by Gasteiger charge is -2.24. The summed E-state index contributed by atoms with van der Waals surface area (Å²) in [6.07, 6.45) is 2.06. The normalized spacial score (nSPS) is 18.9. The van der Waals surface area contributed by atoms with Gasteiger partial charge in [-0.25, -0.2) is 4.79 Å². The largest absolute Gasteiger partial charge is 0.497 e. The molecule has 3 N–H and O–H groups in total. The molecular weight excluding hydrogens is 438 g/mol. The van der Waals surface area contributed by atoms with Gasteiger partial charge in [0, 0.05) is 38.5 Å². The zero-order valence-corrected chi connectivity index (χ0v) is 20.1. The molecule has 2 aromatic rings. The van der Waals surface area contributed by atoms with E-state index in [1.807, 2.05) is 24.3 Å². The molecule has 0 saturated carbocycles. The number of rotatable bonds is 6. The maximum Gasteiger partial charge on any atom is 0.319 e. The van der Waals surface area contributed by atoms with E-state index in [0.29, 0.717) is 49.5 Å². The Morgan fingerprint density at radius 3 is 2.59 bits per heavy atom. The fourth-order valence-corrected chi connectivity index (χ4v) is 4.02. The summed E-state index contributed by atoms with van der Waals surface area (Å²) in [6, 6.07) is 6.85. The summed E-state index contributed by atoms with van der Waals surface area (Å²) >= 11 is 0. The first-order valence-corrected chi connectivity index (χ1v) is 11.4. The number of amides is 4. The van der Waals surface area contributed by atoms with Gasteiger partial charge in [-0.05, 0) is 44.4 Å². The molecule has 1 aromatic heterocycles. The number of carbonyl (C=O) groups is 3. The average molecular weight is 472 g/mol. The number of benzene rings is 1. The molecule has 34 heavy (non-hydrogen) atoms. The van der Waals surface area contributed by atoms with E-state index in [-0.39, 0.29) is 30.3 Å². The van der Waals surface area contributed by atoms with E-state index in [4.69, 9.17) is 9.26 Å². The van der Waals surface area contributed by atoms with Crippen LogP contribution in [0, 0.1) is 19.8 Å². The Labute approximate surface area is 199 Å². The molecule has 1 aliphatic heterocycles. The first kappa shape index (κ1) is 25.1. The lowest BCUT2D eigenvalue weighted by molar-refractivity contribution is -0.135. The monoisotopic (exact) mass is 471 g/mol. The van der Waals surface area contributed by atoms with Crippen LogP contribution in [0.25, 0.3) is 0 Å². The zero-order valence-electron chi connectivity index (χ0n) is 20.1. The van der Waals surface area contributed by atoms with Crippen molar-refractivity contribution >= 4 is 23.5 Å². The van der Waals surface area contributed by atoms with Gasteiger partial charge in [0.1, 0.15) is 17.1 Å². The molecule has 0 radical (unpaired) electrons. The maximum atomic E-state index is 12.8. The molecule has 10 nitrogen and oxygen atoms in total. The average Bonchev–Trinajstić information content (AvgIpc) is 3.16. The van der Waals surface area contributed by atoms with E-state index in [2.05, 4.69) is 21.1 Å². The van der Waals surface area contributed by atoms with Crippen LogP contribution in [0.3, 0.4) is 0 Å². The zero-order chi connectivity index (χ0) is 24.7. The van der Waals surface area contributed by atoms with Crippen LogP contribution in [0.2, 0.25) is 0 Å². The van der Waals surface area contributed by atoms with Crippen LogP contribution < -0.4 is 20.7 Å². The third-order valence-electron chi connectivity index (χ3n) is 6.05. The number of likely N-dealkylation sites (N-methyl/N-ethyl adjacent to an activating group) is 1. The van der Waals surface area contributed by atoms with Gasteiger partial charge in [-0.1, -0.05) is 23.7 Å². The number of urea groups is 1. The summed E-state index contributed by atoms with van der Waals surface area (Å²) in [5.74, 6) is 0.606. The van der Waals surface area contributed by atoms with Crippen LogP contribution in [-0.2, 0) is 16.1 Å². The molecule has 3 rings (SSSR count). The number of carbonyl (C=O) groups excluding carboxylic acids is 3. The third-order valence-corrected chi connectivity index (χ3v) is 6.05. The molecule has 4 amide bonds. The molecule has 1 aliphatic rings. The van der Waals surface area contributed by atoms with Crippen LogP contribution in [0.15, 0.2) is 28.8 Å². The van der Waals surface area contributed by atoms with Gasteiger partial charge in [0.05, 0.1) is 7.11 Å². The molecular formula is C24H33N5O5. The minimum absolute atomic E-state index is 0.121. The van der Waals surface area contributed by atoms with Crippen molar-refractivity contribution in [3.63, 3.8) is 0 Å². The van der Waals surface area contributed by atoms with Crippen molar-refractivity contribution in [2.24, 2.45) is 5.92 Å². The first-order valence-electron chi connectivity index (χ1n) is 11.4. The molecule has 1 saturated heterocycles. The van der Waals surface area contributed by atoms with Crippen molar-refractivity contribution in [1.82, 2.24) is 20.7 Å². The third kappa shape index (κ3) is 6.72. The second kappa shape index (κ2) is 11.5. The number of hydrogen-bond donors (Lipinski definition) is 3. The standard InChI is InChI=1S/C24H33N5O5/c1-15-22(16(2)34-28-15)27-24(32)26-19-7-5-6-18(12-21(30)29(3)14-19)23(31)25-13-17-8-10-20(33-4)11-9-17/h8-11,18-19H,5-7,12-14H2,1-4H3,(H,25,31)(H2,26,27,32)/t18-,19-/m1/s1. The van der Waals surface area contributed by atoms with Crippen molar-refractivity contribution < 1.29 is 23.6 Å². The fourth-order valence-electron chi connectivity index (χ4n) is 4.02. The van der Waals surface area contributed by atoms with E-state index in [1.165, 1.54) is 0 Å². The summed E-state index contributed by atoms with van der Waals surface area (Å²) in [6.45, 7) is 4.23.